The van der Waals surface area contributed by atoms with E-state index in [-0.39, 0.29) is 5.56 Å². The van der Waals surface area contributed by atoms with Gasteiger partial charge in [-0.15, -0.1) is 0 Å². The van der Waals surface area contributed by atoms with Crippen LogP contribution in [-0.4, -0.2) is 16.5 Å². The number of carbonyl (C=O) groups excluding carboxylic acids is 1. The first kappa shape index (κ1) is 17.5. The lowest BCUT2D eigenvalue weighted by atomic mass is 10.0. The van der Waals surface area contributed by atoms with Crippen molar-refractivity contribution in [3.05, 3.63) is 70.4 Å². The number of benzene rings is 2. The van der Waals surface area contributed by atoms with Crippen LogP contribution in [0.1, 0.15) is 28.4 Å². The van der Waals surface area contributed by atoms with Gasteiger partial charge in [0.2, 0.25) is 0 Å². The van der Waals surface area contributed by atoms with E-state index in [1.807, 2.05) is 25.1 Å². The number of fused-ring (bicyclic) bond motifs is 1. The molecule has 130 valence electrons. The van der Waals surface area contributed by atoms with Crippen LogP contribution >= 0.6 is 11.6 Å². The normalized spacial score (nSPS) is 11.9. The summed E-state index contributed by atoms with van der Waals surface area (Å²) in [7, 11) is 0. The smallest absolute Gasteiger partial charge is 0.342 e. The van der Waals surface area contributed by atoms with Gasteiger partial charge in [0.05, 0.1) is 11.1 Å². The van der Waals surface area contributed by atoms with Crippen LogP contribution in [0.3, 0.4) is 0 Å². The van der Waals surface area contributed by atoms with Crippen molar-refractivity contribution in [2.24, 2.45) is 0 Å². The molecule has 0 saturated carbocycles. The third-order valence-corrected chi connectivity index (χ3v) is 4.38. The Labute approximate surface area is 147 Å². The summed E-state index contributed by atoms with van der Waals surface area (Å²) in [6.07, 6.45) is -2.95. The molecular weight excluding hydrogens is 351 g/mol. The minimum absolute atomic E-state index is 0.313. The lowest BCUT2D eigenvalue weighted by Gasteiger charge is -2.09. The molecule has 3 rings (SSSR count). The molecule has 0 aliphatic heterocycles. The van der Waals surface area contributed by atoms with Gasteiger partial charge in [0.25, 0.3) is 5.78 Å². The molecule has 0 radical (unpaired) electrons. The first-order chi connectivity index (χ1) is 11.8. The summed E-state index contributed by atoms with van der Waals surface area (Å²) < 4.78 is 40.6. The number of nitrogens with zero attached hydrogens (tertiary/aromatic N) is 1. The number of hydrogen-bond donors (Lipinski definition) is 0. The van der Waals surface area contributed by atoms with Crippen LogP contribution in [0.25, 0.3) is 10.9 Å². The molecule has 0 aliphatic carbocycles. The Hall–Kier alpha value is -2.27. The summed E-state index contributed by atoms with van der Waals surface area (Å²) in [4.78, 5) is 11.8. The number of hydrogen-bond acceptors (Lipinski definition) is 1. The van der Waals surface area contributed by atoms with Gasteiger partial charge in [-0.05, 0) is 29.7 Å². The molecule has 0 aliphatic rings. The van der Waals surface area contributed by atoms with Crippen LogP contribution in [-0.2, 0) is 13.0 Å². The second kappa shape index (κ2) is 6.56. The van der Waals surface area contributed by atoms with Crippen molar-refractivity contribution in [2.75, 3.05) is 0 Å². The van der Waals surface area contributed by atoms with Gasteiger partial charge >= 0.3 is 6.18 Å². The van der Waals surface area contributed by atoms with Crippen molar-refractivity contribution in [1.29, 1.82) is 0 Å². The van der Waals surface area contributed by atoms with E-state index in [0.717, 1.165) is 11.1 Å². The number of aromatic nitrogens is 1. The Balaban J connectivity index is 2.17. The van der Waals surface area contributed by atoms with Crippen LogP contribution in [0.4, 0.5) is 13.2 Å². The third-order valence-electron chi connectivity index (χ3n) is 4.13. The van der Waals surface area contributed by atoms with Crippen molar-refractivity contribution in [3.63, 3.8) is 0 Å². The van der Waals surface area contributed by atoms with E-state index < -0.39 is 12.0 Å². The predicted molar refractivity (Wildman–Crippen MR) is 92.3 cm³/mol. The maximum Gasteiger partial charge on any atom is 0.454 e. The standard InChI is InChI=1S/C19H15ClF3NO/c1-2-13-4-3-5-15-16(18(25)19(21,22)23)11-24(17(13)15)10-12-6-8-14(20)9-7-12/h3-9,11H,2,10H2,1H3. The zero-order valence-corrected chi connectivity index (χ0v) is 14.2. The molecule has 0 N–H and O–H groups in total. The van der Waals surface area contributed by atoms with Crippen molar-refractivity contribution < 1.29 is 18.0 Å². The second-order valence-electron chi connectivity index (χ2n) is 5.79. The van der Waals surface area contributed by atoms with Crippen molar-refractivity contribution in [1.82, 2.24) is 4.57 Å². The summed E-state index contributed by atoms with van der Waals surface area (Å²) in [5.41, 5.74) is 2.13. The highest BCUT2D eigenvalue weighted by molar-refractivity contribution is 6.30. The average Bonchev–Trinajstić information content (AvgIpc) is 2.94. The highest BCUT2D eigenvalue weighted by Crippen LogP contribution is 2.31. The van der Waals surface area contributed by atoms with Gasteiger partial charge in [-0.25, -0.2) is 0 Å². The number of alkyl halides is 3. The van der Waals surface area contributed by atoms with Crippen LogP contribution in [0.15, 0.2) is 48.7 Å². The molecule has 2 aromatic carbocycles. The number of ketones is 1. The SMILES string of the molecule is CCc1cccc2c(C(=O)C(F)(F)F)cn(Cc3ccc(Cl)cc3)c12. The zero-order valence-electron chi connectivity index (χ0n) is 13.4. The Kier molecular flexibility index (Phi) is 4.60. The number of para-hydroxylation sites is 1. The first-order valence-electron chi connectivity index (χ1n) is 7.78. The first-order valence-corrected chi connectivity index (χ1v) is 8.15. The topological polar surface area (TPSA) is 22.0 Å². The number of rotatable bonds is 4. The van der Waals surface area contributed by atoms with Gasteiger partial charge < -0.3 is 4.57 Å². The van der Waals surface area contributed by atoms with E-state index in [1.165, 1.54) is 6.20 Å². The Bertz CT molecular complexity index is 926. The van der Waals surface area contributed by atoms with E-state index in [0.29, 0.717) is 28.9 Å². The molecule has 0 fully saturated rings. The molecule has 0 bridgehead atoms. The minimum atomic E-state index is -4.90. The average molecular weight is 366 g/mol. The van der Waals surface area contributed by atoms with E-state index in [9.17, 15) is 18.0 Å². The molecular formula is C19H15ClF3NO. The quantitative estimate of drug-likeness (QED) is 0.547. The van der Waals surface area contributed by atoms with Crippen molar-refractivity contribution >= 4 is 28.3 Å². The number of aryl methyl sites for hydroxylation is 1. The van der Waals surface area contributed by atoms with Crippen LogP contribution in [0.2, 0.25) is 5.02 Å². The lowest BCUT2D eigenvalue weighted by Crippen LogP contribution is -2.22. The second-order valence-corrected chi connectivity index (χ2v) is 6.23. The Morgan fingerprint density at radius 3 is 2.40 bits per heavy atom. The van der Waals surface area contributed by atoms with E-state index in [4.69, 9.17) is 11.6 Å². The summed E-state index contributed by atoms with van der Waals surface area (Å²) in [6, 6.07) is 12.2. The minimum Gasteiger partial charge on any atom is -0.342 e. The zero-order chi connectivity index (χ0) is 18.2. The van der Waals surface area contributed by atoms with Crippen LogP contribution < -0.4 is 0 Å². The van der Waals surface area contributed by atoms with Gasteiger partial charge in [0.15, 0.2) is 0 Å². The fourth-order valence-corrected chi connectivity index (χ4v) is 3.09. The summed E-state index contributed by atoms with van der Waals surface area (Å²) in [5.74, 6) is -1.82. The largest absolute Gasteiger partial charge is 0.454 e. The summed E-state index contributed by atoms with van der Waals surface area (Å²) in [6.45, 7) is 2.29. The van der Waals surface area contributed by atoms with Crippen LogP contribution in [0, 0.1) is 0 Å². The number of halogens is 4. The van der Waals surface area contributed by atoms with Gasteiger partial charge in [0.1, 0.15) is 0 Å². The molecule has 1 aromatic heterocycles. The third kappa shape index (κ3) is 3.42. The molecule has 0 saturated heterocycles. The Morgan fingerprint density at radius 1 is 1.12 bits per heavy atom. The molecule has 0 atom stereocenters. The molecule has 3 aromatic rings. The molecule has 6 heteroatoms. The van der Waals surface area contributed by atoms with Gasteiger partial charge in [-0.3, -0.25) is 4.79 Å². The predicted octanol–water partition coefficient (Wildman–Crippen LogP) is 5.65. The van der Waals surface area contributed by atoms with Crippen molar-refractivity contribution in [2.45, 2.75) is 26.1 Å². The molecule has 1 heterocycles. The molecule has 0 amide bonds. The van der Waals surface area contributed by atoms with E-state index in [2.05, 4.69) is 0 Å². The highest BCUT2D eigenvalue weighted by atomic mass is 35.5. The highest BCUT2D eigenvalue weighted by Gasteiger charge is 2.41. The molecule has 0 unspecified atom stereocenters. The maximum absolute atomic E-state index is 13.0. The van der Waals surface area contributed by atoms with E-state index in [1.54, 1.807) is 28.8 Å². The van der Waals surface area contributed by atoms with Crippen molar-refractivity contribution in [3.8, 4) is 0 Å². The molecule has 2 nitrogen and oxygen atoms in total. The summed E-state index contributed by atoms with van der Waals surface area (Å²) >= 11 is 5.88. The molecule has 0 spiro atoms. The van der Waals surface area contributed by atoms with Crippen LogP contribution in [0.5, 0.6) is 0 Å². The maximum atomic E-state index is 13.0. The van der Waals surface area contributed by atoms with Gasteiger partial charge in [-0.2, -0.15) is 13.2 Å². The number of carbonyl (C=O) groups is 1. The number of Topliss-reactive ketones (excluding diaryl/α,β-unsaturated/α-hetero) is 1. The van der Waals surface area contributed by atoms with Gasteiger partial charge in [0, 0.05) is 23.2 Å². The fourth-order valence-electron chi connectivity index (χ4n) is 2.97. The summed E-state index contributed by atoms with van der Waals surface area (Å²) in [5, 5.41) is 0.916. The Morgan fingerprint density at radius 2 is 1.80 bits per heavy atom. The van der Waals surface area contributed by atoms with Gasteiger partial charge in [-0.1, -0.05) is 48.9 Å². The lowest BCUT2D eigenvalue weighted by molar-refractivity contribution is -0.0884. The van der Waals surface area contributed by atoms with E-state index >= 15 is 0 Å². The fraction of sp³-hybridized carbons (Fsp3) is 0.211. The molecule has 25 heavy (non-hydrogen) atoms. The monoisotopic (exact) mass is 365 g/mol.